The lowest BCUT2D eigenvalue weighted by Gasteiger charge is -2.25. The lowest BCUT2D eigenvalue weighted by molar-refractivity contribution is -0.147. The van der Waals surface area contributed by atoms with Crippen LogP contribution in [0.2, 0.25) is 0 Å². The third-order valence-electron chi connectivity index (χ3n) is 4.65. The molecule has 3 heteroatoms. The molecule has 0 amide bonds. The van der Waals surface area contributed by atoms with Gasteiger partial charge >= 0.3 is 5.97 Å². The van der Waals surface area contributed by atoms with Crippen LogP contribution in [0.25, 0.3) is 0 Å². The summed E-state index contributed by atoms with van der Waals surface area (Å²) in [6.07, 6.45) is 9.09. The van der Waals surface area contributed by atoms with Gasteiger partial charge in [0.2, 0.25) is 0 Å². The number of rotatable bonds is 4. The average molecular weight is 239 g/mol. The van der Waals surface area contributed by atoms with Crippen molar-refractivity contribution in [2.45, 2.75) is 51.9 Å². The largest absolute Gasteiger partial charge is 0.481 e. The maximum absolute atomic E-state index is 11.1. The zero-order valence-electron chi connectivity index (χ0n) is 11.0. The highest BCUT2D eigenvalue weighted by Crippen LogP contribution is 2.32. The van der Waals surface area contributed by atoms with Crippen LogP contribution in [0.1, 0.15) is 51.9 Å². The van der Waals surface area contributed by atoms with E-state index in [2.05, 4.69) is 4.90 Å². The molecule has 1 heterocycles. The van der Waals surface area contributed by atoms with Crippen LogP contribution >= 0.6 is 0 Å². The monoisotopic (exact) mass is 239 g/mol. The Balaban J connectivity index is 1.72. The first-order valence-corrected chi connectivity index (χ1v) is 7.06. The van der Waals surface area contributed by atoms with Crippen LogP contribution in [0.4, 0.5) is 0 Å². The quantitative estimate of drug-likeness (QED) is 0.820. The van der Waals surface area contributed by atoms with Crippen molar-refractivity contribution >= 4 is 5.97 Å². The molecule has 1 unspecified atom stereocenters. The van der Waals surface area contributed by atoms with Crippen LogP contribution in [-0.2, 0) is 4.79 Å². The molecule has 1 N–H and O–H groups in total. The first-order chi connectivity index (χ1) is 8.10. The van der Waals surface area contributed by atoms with Crippen molar-refractivity contribution in [2.24, 2.45) is 11.3 Å². The fourth-order valence-corrected chi connectivity index (χ4v) is 3.26. The SMILES string of the molecule is CC1(C(=O)O)CCN(CCC2CCCCC2)C1. The minimum absolute atomic E-state index is 0.493. The van der Waals surface area contributed by atoms with Gasteiger partial charge in [-0.05, 0) is 38.8 Å². The third-order valence-corrected chi connectivity index (χ3v) is 4.65. The van der Waals surface area contributed by atoms with Gasteiger partial charge in [-0.3, -0.25) is 4.79 Å². The van der Waals surface area contributed by atoms with E-state index in [1.165, 1.54) is 38.5 Å². The normalized spacial score (nSPS) is 31.8. The van der Waals surface area contributed by atoms with Crippen LogP contribution in [0.3, 0.4) is 0 Å². The van der Waals surface area contributed by atoms with E-state index in [1.807, 2.05) is 6.92 Å². The second-order valence-electron chi connectivity index (χ2n) is 6.18. The highest BCUT2D eigenvalue weighted by atomic mass is 16.4. The third kappa shape index (κ3) is 3.21. The molecule has 98 valence electrons. The molecule has 0 bridgehead atoms. The van der Waals surface area contributed by atoms with Gasteiger partial charge in [-0.15, -0.1) is 0 Å². The Bertz CT molecular complexity index is 273. The van der Waals surface area contributed by atoms with Crippen LogP contribution in [0, 0.1) is 11.3 Å². The number of hydrogen-bond donors (Lipinski definition) is 1. The molecule has 0 radical (unpaired) electrons. The molecule has 0 aromatic heterocycles. The Labute approximate surface area is 104 Å². The maximum atomic E-state index is 11.1. The van der Waals surface area contributed by atoms with Gasteiger partial charge in [0.05, 0.1) is 5.41 Å². The van der Waals surface area contributed by atoms with Crippen molar-refractivity contribution in [3.8, 4) is 0 Å². The summed E-state index contributed by atoms with van der Waals surface area (Å²) in [6, 6.07) is 0. The lowest BCUT2D eigenvalue weighted by Crippen LogP contribution is -2.32. The Hall–Kier alpha value is -0.570. The summed E-state index contributed by atoms with van der Waals surface area (Å²) in [7, 11) is 0. The van der Waals surface area contributed by atoms with E-state index < -0.39 is 11.4 Å². The minimum atomic E-state index is -0.627. The summed E-state index contributed by atoms with van der Waals surface area (Å²) in [6.45, 7) is 4.70. The van der Waals surface area contributed by atoms with E-state index in [-0.39, 0.29) is 0 Å². The molecular weight excluding hydrogens is 214 g/mol. The fourth-order valence-electron chi connectivity index (χ4n) is 3.26. The number of hydrogen-bond acceptors (Lipinski definition) is 2. The highest BCUT2D eigenvalue weighted by Gasteiger charge is 2.40. The van der Waals surface area contributed by atoms with Gasteiger partial charge in [-0.2, -0.15) is 0 Å². The summed E-state index contributed by atoms with van der Waals surface area (Å²) in [5.74, 6) is 0.276. The van der Waals surface area contributed by atoms with E-state index in [0.717, 1.165) is 32.0 Å². The first-order valence-electron chi connectivity index (χ1n) is 7.06. The molecule has 17 heavy (non-hydrogen) atoms. The molecule has 1 saturated carbocycles. The Morgan fingerprint density at radius 3 is 2.65 bits per heavy atom. The van der Waals surface area contributed by atoms with Gasteiger partial charge in [0, 0.05) is 6.54 Å². The zero-order chi connectivity index (χ0) is 12.3. The standard InChI is InChI=1S/C14H25NO2/c1-14(13(16)17)8-10-15(11-14)9-7-12-5-3-2-4-6-12/h12H,2-11H2,1H3,(H,16,17). The van der Waals surface area contributed by atoms with Gasteiger partial charge in [0.25, 0.3) is 0 Å². The van der Waals surface area contributed by atoms with Crippen molar-refractivity contribution in [2.75, 3.05) is 19.6 Å². The molecular formula is C14H25NO2. The van der Waals surface area contributed by atoms with Gasteiger partial charge in [-0.25, -0.2) is 0 Å². The van der Waals surface area contributed by atoms with E-state index in [0.29, 0.717) is 0 Å². The number of carboxylic acids is 1. The van der Waals surface area contributed by atoms with Crippen LogP contribution < -0.4 is 0 Å². The van der Waals surface area contributed by atoms with Gasteiger partial charge in [-0.1, -0.05) is 32.1 Å². The number of carboxylic acid groups (broad SMARTS) is 1. The molecule has 0 aromatic rings. The molecule has 3 nitrogen and oxygen atoms in total. The van der Waals surface area contributed by atoms with E-state index in [9.17, 15) is 9.90 Å². The van der Waals surface area contributed by atoms with Crippen molar-refractivity contribution in [3.05, 3.63) is 0 Å². The van der Waals surface area contributed by atoms with Crippen molar-refractivity contribution in [1.82, 2.24) is 4.90 Å². The lowest BCUT2D eigenvalue weighted by atomic mass is 9.87. The van der Waals surface area contributed by atoms with Crippen molar-refractivity contribution in [3.63, 3.8) is 0 Å². The summed E-state index contributed by atoms with van der Waals surface area (Å²) < 4.78 is 0. The molecule has 2 fully saturated rings. The molecule has 1 saturated heterocycles. The summed E-state index contributed by atoms with van der Waals surface area (Å²) in [5.41, 5.74) is -0.493. The first kappa shape index (κ1) is 12.9. The summed E-state index contributed by atoms with van der Waals surface area (Å²) in [4.78, 5) is 13.5. The fraction of sp³-hybridized carbons (Fsp3) is 0.929. The summed E-state index contributed by atoms with van der Waals surface area (Å²) in [5, 5.41) is 9.18. The van der Waals surface area contributed by atoms with Crippen molar-refractivity contribution in [1.29, 1.82) is 0 Å². The molecule has 2 aliphatic rings. The van der Waals surface area contributed by atoms with Crippen LogP contribution in [-0.4, -0.2) is 35.6 Å². The number of nitrogens with zero attached hydrogens (tertiary/aromatic N) is 1. The van der Waals surface area contributed by atoms with Gasteiger partial charge in [0.15, 0.2) is 0 Å². The van der Waals surface area contributed by atoms with Crippen LogP contribution in [0.5, 0.6) is 0 Å². The van der Waals surface area contributed by atoms with Gasteiger partial charge < -0.3 is 10.0 Å². The molecule has 1 atom stereocenters. The molecule has 2 rings (SSSR count). The molecule has 1 aliphatic carbocycles. The maximum Gasteiger partial charge on any atom is 0.310 e. The zero-order valence-corrected chi connectivity index (χ0v) is 11.0. The van der Waals surface area contributed by atoms with E-state index in [1.54, 1.807) is 0 Å². The summed E-state index contributed by atoms with van der Waals surface area (Å²) >= 11 is 0. The predicted molar refractivity (Wildman–Crippen MR) is 68.0 cm³/mol. The second-order valence-corrected chi connectivity index (χ2v) is 6.18. The minimum Gasteiger partial charge on any atom is -0.481 e. The molecule has 0 spiro atoms. The highest BCUT2D eigenvalue weighted by molar-refractivity contribution is 5.74. The molecule has 1 aliphatic heterocycles. The smallest absolute Gasteiger partial charge is 0.310 e. The Morgan fingerprint density at radius 2 is 2.06 bits per heavy atom. The van der Waals surface area contributed by atoms with E-state index in [4.69, 9.17) is 0 Å². The second kappa shape index (κ2) is 5.38. The van der Waals surface area contributed by atoms with E-state index >= 15 is 0 Å². The van der Waals surface area contributed by atoms with Crippen molar-refractivity contribution < 1.29 is 9.90 Å². The molecule has 0 aromatic carbocycles. The predicted octanol–water partition coefficient (Wildman–Crippen LogP) is 2.75. The Kier molecular flexibility index (Phi) is 4.08. The number of carbonyl (C=O) groups is 1. The topological polar surface area (TPSA) is 40.5 Å². The number of likely N-dealkylation sites (tertiary alicyclic amines) is 1. The Morgan fingerprint density at radius 1 is 1.35 bits per heavy atom. The number of aliphatic carboxylic acids is 1. The average Bonchev–Trinajstić information content (AvgIpc) is 2.72. The van der Waals surface area contributed by atoms with Gasteiger partial charge in [0.1, 0.15) is 0 Å². The van der Waals surface area contributed by atoms with Crippen LogP contribution in [0.15, 0.2) is 0 Å².